The van der Waals surface area contributed by atoms with E-state index in [1.165, 1.54) is 18.2 Å². The molecule has 0 bridgehead atoms. The van der Waals surface area contributed by atoms with Crippen molar-refractivity contribution in [1.82, 2.24) is 0 Å². The molecule has 0 aliphatic carbocycles. The van der Waals surface area contributed by atoms with Gasteiger partial charge >= 0.3 is 11.9 Å². The molecule has 4 heteroatoms. The zero-order valence-corrected chi connectivity index (χ0v) is 12.2. The van der Waals surface area contributed by atoms with Gasteiger partial charge in [0.2, 0.25) is 0 Å². The number of aromatic carboxylic acids is 2. The summed E-state index contributed by atoms with van der Waals surface area (Å²) in [6.07, 6.45) is 2.69. The highest BCUT2D eigenvalue weighted by Crippen LogP contribution is 2.23. The Kier molecular flexibility index (Phi) is 4.80. The Labute approximate surface area is 128 Å². The lowest BCUT2D eigenvalue weighted by molar-refractivity contribution is 0.0685. The van der Waals surface area contributed by atoms with Gasteiger partial charge in [0, 0.05) is 12.0 Å². The van der Waals surface area contributed by atoms with Crippen LogP contribution in [-0.4, -0.2) is 22.2 Å². The van der Waals surface area contributed by atoms with E-state index in [1.54, 1.807) is 12.1 Å². The first kappa shape index (κ1) is 15.6. The third-order valence-electron chi connectivity index (χ3n) is 3.37. The lowest BCUT2D eigenvalue weighted by Crippen LogP contribution is -2.02. The van der Waals surface area contributed by atoms with Crippen LogP contribution in [0, 0.1) is 11.8 Å². The normalized spacial score (nSPS) is 10.0. The van der Waals surface area contributed by atoms with Crippen LogP contribution in [0.1, 0.15) is 52.5 Å². The zero-order valence-electron chi connectivity index (χ0n) is 12.2. The minimum absolute atomic E-state index is 0.138. The topological polar surface area (TPSA) is 74.6 Å². The molecule has 2 N–H and O–H groups in total. The fourth-order valence-corrected chi connectivity index (χ4v) is 2.19. The average molecular weight is 296 g/mol. The molecular weight excluding hydrogens is 280 g/mol. The Bertz CT molecular complexity index is 794. The minimum atomic E-state index is -1.04. The highest BCUT2D eigenvalue weighted by molar-refractivity contribution is 6.02. The first-order valence-electron chi connectivity index (χ1n) is 7.06. The predicted octanol–water partition coefficient (Wildman–Crippen LogP) is 3.78. The highest BCUT2D eigenvalue weighted by Gasteiger charge is 2.13. The van der Waals surface area contributed by atoms with Crippen molar-refractivity contribution in [3.63, 3.8) is 0 Å². The fourth-order valence-electron chi connectivity index (χ4n) is 2.19. The summed E-state index contributed by atoms with van der Waals surface area (Å²) in [5.74, 6) is 3.89. The number of carbonyl (C=O) groups is 2. The van der Waals surface area contributed by atoms with Gasteiger partial charge in [0.25, 0.3) is 0 Å². The third kappa shape index (κ3) is 3.26. The molecule has 2 aromatic carbocycles. The van der Waals surface area contributed by atoms with E-state index in [4.69, 9.17) is 5.11 Å². The van der Waals surface area contributed by atoms with Gasteiger partial charge in [-0.25, -0.2) is 9.59 Å². The van der Waals surface area contributed by atoms with Crippen LogP contribution in [0.15, 0.2) is 30.3 Å². The summed E-state index contributed by atoms with van der Waals surface area (Å²) in [6, 6.07) is 7.70. The van der Waals surface area contributed by atoms with Crippen LogP contribution in [0.2, 0.25) is 0 Å². The molecule has 0 saturated carbocycles. The Morgan fingerprint density at radius 2 is 1.86 bits per heavy atom. The summed E-state index contributed by atoms with van der Waals surface area (Å²) in [5.41, 5.74) is 0.748. The molecule has 0 aliphatic heterocycles. The molecule has 0 aliphatic rings. The molecule has 112 valence electrons. The van der Waals surface area contributed by atoms with Crippen LogP contribution >= 0.6 is 0 Å². The predicted molar refractivity (Wildman–Crippen MR) is 84.3 cm³/mol. The van der Waals surface area contributed by atoms with Gasteiger partial charge in [-0.3, -0.25) is 0 Å². The number of hydrogen-bond acceptors (Lipinski definition) is 2. The molecule has 22 heavy (non-hydrogen) atoms. The van der Waals surface area contributed by atoms with Crippen molar-refractivity contribution in [2.75, 3.05) is 0 Å². The van der Waals surface area contributed by atoms with Crippen LogP contribution in [0.4, 0.5) is 0 Å². The van der Waals surface area contributed by atoms with Crippen LogP contribution in [0.25, 0.3) is 10.8 Å². The third-order valence-corrected chi connectivity index (χ3v) is 3.37. The number of carboxylic acid groups (broad SMARTS) is 2. The van der Waals surface area contributed by atoms with Crippen molar-refractivity contribution < 1.29 is 19.8 Å². The van der Waals surface area contributed by atoms with Gasteiger partial charge in [0.1, 0.15) is 0 Å². The number of hydrogen-bond donors (Lipinski definition) is 2. The maximum atomic E-state index is 11.4. The van der Waals surface area contributed by atoms with Crippen LogP contribution in [-0.2, 0) is 0 Å². The first-order chi connectivity index (χ1) is 10.5. The lowest BCUT2D eigenvalue weighted by Gasteiger charge is -2.06. The molecule has 0 radical (unpaired) electrons. The fraction of sp³-hybridized carbons (Fsp3) is 0.222. The van der Waals surface area contributed by atoms with Crippen molar-refractivity contribution in [3.05, 3.63) is 47.0 Å². The van der Waals surface area contributed by atoms with Gasteiger partial charge < -0.3 is 10.2 Å². The molecule has 4 nitrogen and oxygen atoms in total. The van der Waals surface area contributed by atoms with E-state index in [9.17, 15) is 14.7 Å². The van der Waals surface area contributed by atoms with Gasteiger partial charge in [0.05, 0.1) is 11.1 Å². The second-order valence-corrected chi connectivity index (χ2v) is 4.94. The largest absolute Gasteiger partial charge is 0.478 e. The number of fused-ring (bicyclic) bond motifs is 1. The summed E-state index contributed by atoms with van der Waals surface area (Å²) in [7, 11) is 0. The van der Waals surface area contributed by atoms with E-state index in [0.29, 0.717) is 22.8 Å². The van der Waals surface area contributed by atoms with E-state index in [-0.39, 0.29) is 11.1 Å². The zero-order chi connectivity index (χ0) is 16.1. The quantitative estimate of drug-likeness (QED) is 0.665. The van der Waals surface area contributed by atoms with E-state index >= 15 is 0 Å². The smallest absolute Gasteiger partial charge is 0.336 e. The van der Waals surface area contributed by atoms with E-state index in [2.05, 4.69) is 18.8 Å². The Balaban J connectivity index is 2.61. The molecule has 0 aromatic heterocycles. The monoisotopic (exact) mass is 296 g/mol. The van der Waals surface area contributed by atoms with Gasteiger partial charge in [0.15, 0.2) is 0 Å². The van der Waals surface area contributed by atoms with Crippen LogP contribution < -0.4 is 0 Å². The number of benzene rings is 2. The second kappa shape index (κ2) is 6.77. The van der Waals surface area contributed by atoms with Crippen molar-refractivity contribution in [2.24, 2.45) is 0 Å². The van der Waals surface area contributed by atoms with Gasteiger partial charge in [-0.05, 0) is 35.4 Å². The van der Waals surface area contributed by atoms with Crippen molar-refractivity contribution in [3.8, 4) is 11.8 Å². The maximum absolute atomic E-state index is 11.4. The summed E-state index contributed by atoms with van der Waals surface area (Å²) in [4.78, 5) is 22.4. The second-order valence-electron chi connectivity index (χ2n) is 4.94. The maximum Gasteiger partial charge on any atom is 0.336 e. The van der Waals surface area contributed by atoms with Gasteiger partial charge in [-0.1, -0.05) is 37.3 Å². The summed E-state index contributed by atoms with van der Waals surface area (Å²) in [6.45, 7) is 2.07. The Hall–Kier alpha value is -2.80. The van der Waals surface area contributed by atoms with Crippen molar-refractivity contribution >= 4 is 22.7 Å². The molecule has 2 aromatic rings. The molecular formula is C18H16O4. The first-order valence-corrected chi connectivity index (χ1v) is 7.06. The van der Waals surface area contributed by atoms with E-state index < -0.39 is 11.9 Å². The number of unbranched alkanes of at least 4 members (excludes halogenated alkanes) is 2. The van der Waals surface area contributed by atoms with E-state index in [1.807, 2.05) is 0 Å². The van der Waals surface area contributed by atoms with Crippen molar-refractivity contribution in [2.45, 2.75) is 26.2 Å². The van der Waals surface area contributed by atoms with Gasteiger partial charge in [-0.15, -0.1) is 0 Å². The summed E-state index contributed by atoms with van der Waals surface area (Å²) >= 11 is 0. The van der Waals surface area contributed by atoms with Crippen LogP contribution in [0.3, 0.4) is 0 Å². The Morgan fingerprint density at radius 3 is 2.50 bits per heavy atom. The molecule has 0 saturated heterocycles. The standard InChI is InChI=1S/C18H16O4/c1-2-3-4-5-6-15-14-9-8-13(17(19)20)11-12(14)7-10-16(15)18(21)22/h7-11H,2-4H2,1H3,(H,19,20)(H,21,22). The number of rotatable bonds is 4. The lowest BCUT2D eigenvalue weighted by atomic mass is 9.97. The molecule has 0 unspecified atom stereocenters. The average Bonchev–Trinajstić information content (AvgIpc) is 2.50. The van der Waals surface area contributed by atoms with Gasteiger partial charge in [-0.2, -0.15) is 0 Å². The molecule has 0 amide bonds. The van der Waals surface area contributed by atoms with Crippen molar-refractivity contribution in [1.29, 1.82) is 0 Å². The minimum Gasteiger partial charge on any atom is -0.478 e. The SMILES string of the molecule is CCCCC#Cc1c(C(=O)O)ccc2cc(C(=O)O)ccc12. The summed E-state index contributed by atoms with van der Waals surface area (Å²) < 4.78 is 0. The van der Waals surface area contributed by atoms with E-state index in [0.717, 1.165) is 12.8 Å². The summed E-state index contributed by atoms with van der Waals surface area (Å²) in [5, 5.41) is 19.7. The van der Waals surface area contributed by atoms with Crippen LogP contribution in [0.5, 0.6) is 0 Å². The molecule has 2 rings (SSSR count). The molecule has 0 fully saturated rings. The molecule has 0 spiro atoms. The molecule has 0 atom stereocenters. The Morgan fingerprint density at radius 1 is 1.09 bits per heavy atom. The number of carboxylic acids is 2. The molecule has 0 heterocycles. The highest BCUT2D eigenvalue weighted by atomic mass is 16.4.